The van der Waals surface area contributed by atoms with Crippen molar-refractivity contribution in [3.63, 3.8) is 0 Å². The molecule has 0 aromatic carbocycles. The van der Waals surface area contributed by atoms with Crippen molar-refractivity contribution in [2.45, 2.75) is 69.1 Å². The number of aromatic nitrogens is 2. The van der Waals surface area contributed by atoms with Gasteiger partial charge in [0.25, 0.3) is 11.8 Å². The molecular formula is C22H26N6O7S2. The number of nitrogens with one attached hydrogen (secondary N) is 1. The van der Waals surface area contributed by atoms with Crippen LogP contribution >= 0.6 is 23.3 Å². The van der Waals surface area contributed by atoms with Gasteiger partial charge in [-0.1, -0.05) is 18.2 Å². The summed E-state index contributed by atoms with van der Waals surface area (Å²) in [5.74, 6) is -2.36. The lowest BCUT2D eigenvalue weighted by Gasteiger charge is -2.48. The van der Waals surface area contributed by atoms with E-state index in [1.54, 1.807) is 13.8 Å². The van der Waals surface area contributed by atoms with Crippen LogP contribution in [0.2, 0.25) is 0 Å². The van der Waals surface area contributed by atoms with Crippen molar-refractivity contribution in [1.29, 1.82) is 0 Å². The Morgan fingerprint density at radius 2 is 2.14 bits per heavy atom. The lowest BCUT2D eigenvalue weighted by molar-refractivity contribution is -0.184. The molecular weight excluding hydrogens is 524 g/mol. The molecule has 0 bridgehead atoms. The molecule has 1 aromatic rings. The van der Waals surface area contributed by atoms with E-state index in [1.807, 2.05) is 12.2 Å². The maximum Gasteiger partial charge on any atom is 0.339 e. The van der Waals surface area contributed by atoms with E-state index >= 15 is 0 Å². The molecule has 2 amide bonds. The Balaban J connectivity index is 1.44. The maximum absolute atomic E-state index is 13.1. The van der Waals surface area contributed by atoms with Crippen LogP contribution in [0.5, 0.6) is 0 Å². The predicted molar refractivity (Wildman–Crippen MR) is 134 cm³/mol. The van der Waals surface area contributed by atoms with E-state index in [2.05, 4.69) is 19.8 Å². The fraction of sp³-hybridized carbons (Fsp3) is 0.500. The Hall–Kier alpha value is -3.46. The highest BCUT2D eigenvalue weighted by molar-refractivity contribution is 8.00. The number of hydrogen-bond donors (Lipinski definition) is 2. The Labute approximate surface area is 220 Å². The van der Waals surface area contributed by atoms with Crippen molar-refractivity contribution in [3.8, 4) is 0 Å². The third-order valence-electron chi connectivity index (χ3n) is 5.65. The fourth-order valence-corrected chi connectivity index (χ4v) is 5.55. The molecule has 1 fully saturated rings. The number of nitrogen functional groups attached to an aromatic ring is 1. The van der Waals surface area contributed by atoms with Gasteiger partial charge >= 0.3 is 11.9 Å². The highest BCUT2D eigenvalue weighted by Crippen LogP contribution is 2.40. The molecule has 4 rings (SSSR count). The van der Waals surface area contributed by atoms with E-state index in [9.17, 15) is 19.2 Å². The summed E-state index contributed by atoms with van der Waals surface area (Å²) in [5, 5.41) is 6.00. The van der Waals surface area contributed by atoms with E-state index in [-0.39, 0.29) is 40.0 Å². The average molecular weight is 551 g/mol. The Kier molecular flexibility index (Phi) is 8.12. The highest BCUT2D eigenvalue weighted by Gasteiger charge is 2.52. The number of anilines is 1. The minimum Gasteiger partial charge on any atom is -0.425 e. The molecule has 1 aromatic heterocycles. The van der Waals surface area contributed by atoms with Gasteiger partial charge in [0, 0.05) is 36.3 Å². The molecule has 2 aliphatic heterocycles. The van der Waals surface area contributed by atoms with Gasteiger partial charge in [0.15, 0.2) is 5.13 Å². The van der Waals surface area contributed by atoms with Gasteiger partial charge in [0.2, 0.25) is 17.8 Å². The van der Waals surface area contributed by atoms with Crippen LogP contribution in [0.1, 0.15) is 45.9 Å². The second-order valence-electron chi connectivity index (χ2n) is 8.35. The molecule has 4 unspecified atom stereocenters. The molecule has 3 heterocycles. The summed E-state index contributed by atoms with van der Waals surface area (Å²) >= 11 is 2.21. The fourth-order valence-electron chi connectivity index (χ4n) is 3.76. The van der Waals surface area contributed by atoms with Gasteiger partial charge in [-0.25, -0.2) is 4.79 Å². The molecule has 5 atom stereocenters. The second kappa shape index (κ2) is 11.3. The third kappa shape index (κ3) is 5.93. The summed E-state index contributed by atoms with van der Waals surface area (Å²) in [6.45, 7) is 4.71. The zero-order valence-corrected chi connectivity index (χ0v) is 21.9. The summed E-state index contributed by atoms with van der Waals surface area (Å²) in [6, 6.07) is -0.870. The zero-order chi connectivity index (χ0) is 26.7. The Morgan fingerprint density at radius 1 is 1.35 bits per heavy atom. The van der Waals surface area contributed by atoms with Crippen molar-refractivity contribution in [2.75, 3.05) is 5.73 Å². The monoisotopic (exact) mass is 550 g/mol. The molecule has 15 heteroatoms. The van der Waals surface area contributed by atoms with Crippen LogP contribution in [-0.4, -0.2) is 72.8 Å². The number of β-lactam (4-membered cyclic amide) rings is 1. The van der Waals surface area contributed by atoms with Gasteiger partial charge in [-0.3, -0.25) is 14.4 Å². The number of hydrogen-bond acceptors (Lipinski definition) is 13. The van der Waals surface area contributed by atoms with Crippen LogP contribution in [0.3, 0.4) is 0 Å². The number of carbonyl (C=O) groups excluding carboxylic acids is 4. The first-order valence-corrected chi connectivity index (χ1v) is 13.3. The van der Waals surface area contributed by atoms with Gasteiger partial charge in [-0.15, -0.1) is 11.8 Å². The molecule has 37 heavy (non-hydrogen) atoms. The smallest absolute Gasteiger partial charge is 0.339 e. The molecule has 0 radical (unpaired) electrons. The van der Waals surface area contributed by atoms with E-state index < -0.39 is 41.5 Å². The molecule has 13 nitrogen and oxygen atoms in total. The number of nitrogens with two attached hydrogens (primary N) is 1. The molecule has 1 saturated heterocycles. The normalized spacial score (nSPS) is 25.5. The summed E-state index contributed by atoms with van der Waals surface area (Å²) in [4.78, 5) is 60.7. The van der Waals surface area contributed by atoms with Crippen molar-refractivity contribution < 1.29 is 33.5 Å². The number of fused-ring (bicyclic) bond motifs is 1. The third-order valence-corrected chi connectivity index (χ3v) is 7.63. The molecule has 3 aliphatic rings. The van der Waals surface area contributed by atoms with Crippen molar-refractivity contribution in [3.05, 3.63) is 29.7 Å². The molecule has 1 aliphatic carbocycles. The minimum absolute atomic E-state index is 0.00143. The Morgan fingerprint density at radius 3 is 2.76 bits per heavy atom. The average Bonchev–Trinajstić information content (AvgIpc) is 3.53. The van der Waals surface area contributed by atoms with Crippen LogP contribution in [0, 0.1) is 0 Å². The number of esters is 2. The van der Waals surface area contributed by atoms with Crippen molar-refractivity contribution in [2.24, 2.45) is 5.16 Å². The number of nitrogens with zero attached hydrogens (tertiary/aromatic N) is 4. The van der Waals surface area contributed by atoms with Crippen LogP contribution < -0.4 is 11.1 Å². The van der Waals surface area contributed by atoms with Crippen LogP contribution in [-0.2, 0) is 33.5 Å². The van der Waals surface area contributed by atoms with Crippen molar-refractivity contribution >= 4 is 57.9 Å². The molecule has 198 valence electrons. The van der Waals surface area contributed by atoms with Crippen LogP contribution in [0.15, 0.2) is 29.1 Å². The van der Waals surface area contributed by atoms with E-state index in [1.165, 1.54) is 29.8 Å². The first-order valence-electron chi connectivity index (χ1n) is 11.6. The highest BCUT2D eigenvalue weighted by atomic mass is 32.2. The number of allylic oxidation sites excluding steroid dienone is 1. The molecule has 3 N–H and O–H groups in total. The van der Waals surface area contributed by atoms with Gasteiger partial charge in [-0.05, 0) is 25.8 Å². The summed E-state index contributed by atoms with van der Waals surface area (Å²) in [7, 11) is 0. The van der Waals surface area contributed by atoms with Crippen molar-refractivity contribution in [1.82, 2.24) is 19.6 Å². The molecule has 0 saturated carbocycles. The first-order chi connectivity index (χ1) is 17.7. The van der Waals surface area contributed by atoms with Gasteiger partial charge in [-0.2, -0.15) is 9.36 Å². The number of carbonyl (C=O) groups is 4. The number of rotatable bonds is 9. The van der Waals surface area contributed by atoms with E-state index in [0.717, 1.165) is 24.4 Å². The summed E-state index contributed by atoms with van der Waals surface area (Å²) in [6.07, 6.45) is 5.78. The van der Waals surface area contributed by atoms with E-state index in [4.69, 9.17) is 20.0 Å². The number of oxime groups is 1. The van der Waals surface area contributed by atoms with Gasteiger partial charge in [0.05, 0.1) is 5.57 Å². The number of amides is 2. The largest absolute Gasteiger partial charge is 0.425 e. The standard InChI is InChI=1S/C22H26N6O7S2/c1-4-14(33-11(3)29)34-21(32)13-9-28-19(31)16(20(28)36-10(13)2)24-18(30)15(17-25-22(23)37-27-17)26-35-12-7-5-6-8-12/h5,7,9-10,12,14,16,20H,4,6,8H2,1-3H3,(H,24,30)(H2,23,25,27)/t10?,12?,14?,16?,20-/m1/s1. The minimum atomic E-state index is -1.02. The number of thioether (sulfide) groups is 1. The zero-order valence-electron chi connectivity index (χ0n) is 20.3. The lowest BCUT2D eigenvalue weighted by Crippen LogP contribution is -2.69. The van der Waals surface area contributed by atoms with Crippen LogP contribution in [0.25, 0.3) is 0 Å². The van der Waals surface area contributed by atoms with Gasteiger partial charge < -0.3 is 30.3 Å². The van der Waals surface area contributed by atoms with Crippen LogP contribution in [0.4, 0.5) is 5.13 Å². The molecule has 0 spiro atoms. The summed E-state index contributed by atoms with van der Waals surface area (Å²) in [5.41, 5.74) is 5.72. The second-order valence-corrected chi connectivity index (χ2v) is 10.6. The Bertz CT molecular complexity index is 1180. The van der Waals surface area contributed by atoms with Gasteiger partial charge in [0.1, 0.15) is 17.5 Å². The maximum atomic E-state index is 13.1. The lowest BCUT2D eigenvalue weighted by atomic mass is 10.1. The topological polar surface area (TPSA) is 175 Å². The van der Waals surface area contributed by atoms with E-state index in [0.29, 0.717) is 0 Å². The predicted octanol–water partition coefficient (Wildman–Crippen LogP) is 1.07. The number of ether oxygens (including phenoxy) is 2. The quantitative estimate of drug-likeness (QED) is 0.112. The SMILES string of the molecule is CCC(OC(C)=O)OC(=O)C1=CN2C(=O)C(NC(=O)C(=NOC3C=CCC3)c3nsc(N)n3)[C@H]2SC1C. The first kappa shape index (κ1) is 26.6. The summed E-state index contributed by atoms with van der Waals surface area (Å²) < 4.78 is 14.3.